The quantitative estimate of drug-likeness (QED) is 0.799. The Hall–Kier alpha value is -1.87. The van der Waals surface area contributed by atoms with Crippen molar-refractivity contribution < 1.29 is 4.79 Å². The Bertz CT molecular complexity index is 564. The van der Waals surface area contributed by atoms with Crippen molar-refractivity contribution in [3.8, 4) is 0 Å². The molecule has 2 aromatic rings. The normalized spacial score (nSPS) is 10.3. The van der Waals surface area contributed by atoms with Gasteiger partial charge in [-0.25, -0.2) is 0 Å². The molecular formula is C15H15ClN2O. The third kappa shape index (κ3) is 3.55. The van der Waals surface area contributed by atoms with Crippen LogP contribution in [0.4, 0.5) is 5.69 Å². The first-order valence-electron chi connectivity index (χ1n) is 5.99. The molecule has 0 aliphatic heterocycles. The lowest BCUT2D eigenvalue weighted by Gasteiger charge is -2.19. The number of carbonyl (C=O) groups excluding carboxylic acids is 1. The van der Waals surface area contributed by atoms with Crippen LogP contribution >= 0.6 is 11.6 Å². The Balaban J connectivity index is 2.09. The topological polar surface area (TPSA) is 33.2 Å². The molecule has 0 fully saturated rings. The van der Waals surface area contributed by atoms with Gasteiger partial charge < -0.3 is 4.90 Å². The first-order chi connectivity index (χ1) is 9.06. The summed E-state index contributed by atoms with van der Waals surface area (Å²) in [5.41, 5.74) is 2.63. The molecule has 3 nitrogen and oxygen atoms in total. The molecule has 0 saturated carbocycles. The number of ketones is 1. The van der Waals surface area contributed by atoms with Crippen molar-refractivity contribution in [2.24, 2.45) is 0 Å². The summed E-state index contributed by atoms with van der Waals surface area (Å²) < 4.78 is 0. The standard InChI is InChI=1S/C15H15ClN2O/c1-11(19)15-8-7-14(9-17-15)18(2)10-12-3-5-13(16)6-4-12/h3-9H,10H2,1-2H3. The van der Waals surface area contributed by atoms with Gasteiger partial charge >= 0.3 is 0 Å². The minimum absolute atomic E-state index is 0.0214. The molecule has 4 heteroatoms. The molecular weight excluding hydrogens is 260 g/mol. The zero-order valence-corrected chi connectivity index (χ0v) is 11.7. The van der Waals surface area contributed by atoms with Gasteiger partial charge in [0.2, 0.25) is 0 Å². The fourth-order valence-electron chi connectivity index (χ4n) is 1.78. The van der Waals surface area contributed by atoms with E-state index < -0.39 is 0 Å². The second kappa shape index (κ2) is 5.85. The lowest BCUT2D eigenvalue weighted by molar-refractivity contribution is 0.101. The van der Waals surface area contributed by atoms with Gasteiger partial charge in [0.05, 0.1) is 11.9 Å². The number of pyridine rings is 1. The molecule has 98 valence electrons. The van der Waals surface area contributed by atoms with Gasteiger partial charge in [0.15, 0.2) is 5.78 Å². The van der Waals surface area contributed by atoms with E-state index >= 15 is 0 Å². The largest absolute Gasteiger partial charge is 0.369 e. The Morgan fingerprint density at radius 2 is 1.89 bits per heavy atom. The van der Waals surface area contributed by atoms with Gasteiger partial charge in [0, 0.05) is 25.5 Å². The van der Waals surface area contributed by atoms with Crippen molar-refractivity contribution in [2.75, 3.05) is 11.9 Å². The molecule has 0 radical (unpaired) electrons. The zero-order valence-electron chi connectivity index (χ0n) is 10.9. The number of aromatic nitrogens is 1. The van der Waals surface area contributed by atoms with E-state index in [1.165, 1.54) is 12.5 Å². The number of carbonyl (C=O) groups is 1. The number of anilines is 1. The molecule has 2 rings (SSSR count). The van der Waals surface area contributed by atoms with Gasteiger partial charge in [0.25, 0.3) is 0 Å². The molecule has 0 spiro atoms. The molecule has 1 aromatic heterocycles. The summed E-state index contributed by atoms with van der Waals surface area (Å²) in [6, 6.07) is 11.4. The summed E-state index contributed by atoms with van der Waals surface area (Å²) in [6.45, 7) is 2.28. The highest BCUT2D eigenvalue weighted by Crippen LogP contribution is 2.16. The van der Waals surface area contributed by atoms with E-state index in [-0.39, 0.29) is 5.78 Å². The molecule has 0 bridgehead atoms. The van der Waals surface area contributed by atoms with E-state index in [4.69, 9.17) is 11.6 Å². The lowest BCUT2D eigenvalue weighted by Crippen LogP contribution is -2.16. The van der Waals surface area contributed by atoms with Crippen LogP contribution in [0.3, 0.4) is 0 Å². The van der Waals surface area contributed by atoms with E-state index in [0.717, 1.165) is 17.3 Å². The first kappa shape index (κ1) is 13.6. The summed E-state index contributed by atoms with van der Waals surface area (Å²) in [5.74, 6) is -0.0214. The molecule has 19 heavy (non-hydrogen) atoms. The van der Waals surface area contributed by atoms with E-state index in [9.17, 15) is 4.79 Å². The van der Waals surface area contributed by atoms with E-state index in [1.54, 1.807) is 12.3 Å². The van der Waals surface area contributed by atoms with Crippen molar-refractivity contribution in [3.05, 3.63) is 58.9 Å². The number of nitrogens with zero attached hydrogens (tertiary/aromatic N) is 2. The van der Waals surface area contributed by atoms with Gasteiger partial charge in [-0.15, -0.1) is 0 Å². The molecule has 1 heterocycles. The van der Waals surface area contributed by atoms with Crippen LogP contribution in [-0.4, -0.2) is 17.8 Å². The number of halogens is 1. The fourth-order valence-corrected chi connectivity index (χ4v) is 1.90. The van der Waals surface area contributed by atoms with Gasteiger partial charge in [-0.3, -0.25) is 9.78 Å². The van der Waals surface area contributed by atoms with E-state index in [0.29, 0.717) is 5.69 Å². The predicted octanol–water partition coefficient (Wildman–Crippen LogP) is 3.57. The van der Waals surface area contributed by atoms with Crippen molar-refractivity contribution in [2.45, 2.75) is 13.5 Å². The average Bonchev–Trinajstić information content (AvgIpc) is 2.41. The Labute approximate surface area is 117 Å². The van der Waals surface area contributed by atoms with Crippen molar-refractivity contribution >= 4 is 23.1 Å². The van der Waals surface area contributed by atoms with Crippen LogP contribution in [-0.2, 0) is 6.54 Å². The molecule has 1 aromatic carbocycles. The lowest BCUT2D eigenvalue weighted by atomic mass is 10.2. The van der Waals surface area contributed by atoms with Crippen LogP contribution in [0.15, 0.2) is 42.6 Å². The maximum absolute atomic E-state index is 11.2. The maximum Gasteiger partial charge on any atom is 0.178 e. The van der Waals surface area contributed by atoms with Crippen LogP contribution in [0.25, 0.3) is 0 Å². The molecule has 0 saturated heterocycles. The summed E-state index contributed by atoms with van der Waals surface area (Å²) in [5, 5.41) is 0.735. The van der Waals surface area contributed by atoms with E-state index in [1.807, 2.05) is 37.4 Å². The van der Waals surface area contributed by atoms with Gasteiger partial charge in [0.1, 0.15) is 5.69 Å². The number of Topliss-reactive ketones (excluding diaryl/α,β-unsaturated/α-hetero) is 1. The molecule has 0 N–H and O–H groups in total. The predicted molar refractivity (Wildman–Crippen MR) is 77.8 cm³/mol. The number of hydrogen-bond donors (Lipinski definition) is 0. The van der Waals surface area contributed by atoms with Crippen LogP contribution in [0.5, 0.6) is 0 Å². The SMILES string of the molecule is CC(=O)c1ccc(N(C)Cc2ccc(Cl)cc2)cn1. The highest BCUT2D eigenvalue weighted by Gasteiger charge is 2.05. The second-order valence-electron chi connectivity index (χ2n) is 4.44. The molecule has 0 atom stereocenters. The van der Waals surface area contributed by atoms with Gasteiger partial charge in [-0.05, 0) is 29.8 Å². The fraction of sp³-hybridized carbons (Fsp3) is 0.200. The first-order valence-corrected chi connectivity index (χ1v) is 6.36. The monoisotopic (exact) mass is 274 g/mol. The van der Waals surface area contributed by atoms with Gasteiger partial charge in [-0.1, -0.05) is 23.7 Å². The number of benzene rings is 1. The van der Waals surface area contributed by atoms with Gasteiger partial charge in [-0.2, -0.15) is 0 Å². The molecule has 0 aliphatic rings. The average molecular weight is 275 g/mol. The molecule has 0 unspecified atom stereocenters. The Morgan fingerprint density at radius 3 is 2.42 bits per heavy atom. The van der Waals surface area contributed by atoms with Crippen LogP contribution < -0.4 is 4.90 Å². The smallest absolute Gasteiger partial charge is 0.178 e. The van der Waals surface area contributed by atoms with Crippen molar-refractivity contribution in [3.63, 3.8) is 0 Å². The Kier molecular flexibility index (Phi) is 4.17. The number of hydrogen-bond acceptors (Lipinski definition) is 3. The van der Waals surface area contributed by atoms with Crippen LogP contribution in [0.1, 0.15) is 23.0 Å². The highest BCUT2D eigenvalue weighted by molar-refractivity contribution is 6.30. The third-order valence-electron chi connectivity index (χ3n) is 2.88. The van der Waals surface area contributed by atoms with E-state index in [2.05, 4.69) is 9.88 Å². The van der Waals surface area contributed by atoms with Crippen molar-refractivity contribution in [1.82, 2.24) is 4.98 Å². The third-order valence-corrected chi connectivity index (χ3v) is 3.13. The molecule has 0 aliphatic carbocycles. The minimum Gasteiger partial charge on any atom is -0.369 e. The summed E-state index contributed by atoms with van der Waals surface area (Å²) in [7, 11) is 1.99. The summed E-state index contributed by atoms with van der Waals surface area (Å²) in [6.07, 6.45) is 1.71. The zero-order chi connectivity index (χ0) is 13.8. The Morgan fingerprint density at radius 1 is 1.21 bits per heavy atom. The van der Waals surface area contributed by atoms with Crippen LogP contribution in [0.2, 0.25) is 5.02 Å². The molecule has 0 amide bonds. The van der Waals surface area contributed by atoms with Crippen LogP contribution in [0, 0.1) is 0 Å². The minimum atomic E-state index is -0.0214. The number of rotatable bonds is 4. The van der Waals surface area contributed by atoms with Crippen molar-refractivity contribution in [1.29, 1.82) is 0 Å². The summed E-state index contributed by atoms with van der Waals surface area (Å²) >= 11 is 5.86. The summed E-state index contributed by atoms with van der Waals surface area (Å²) in [4.78, 5) is 17.4. The highest BCUT2D eigenvalue weighted by atomic mass is 35.5. The maximum atomic E-state index is 11.2. The second-order valence-corrected chi connectivity index (χ2v) is 4.88.